The maximum absolute atomic E-state index is 12.5. The lowest BCUT2D eigenvalue weighted by Gasteiger charge is -2.07. The van der Waals surface area contributed by atoms with Crippen LogP contribution in [0.4, 0.5) is 5.69 Å². The van der Waals surface area contributed by atoms with Gasteiger partial charge in [-0.05, 0) is 42.5 Å². The van der Waals surface area contributed by atoms with E-state index in [1.54, 1.807) is 34.3 Å². The summed E-state index contributed by atoms with van der Waals surface area (Å²) in [5.74, 6) is -0.151. The van der Waals surface area contributed by atoms with Gasteiger partial charge in [-0.15, -0.1) is 11.3 Å². The average molecular weight is 385 g/mol. The van der Waals surface area contributed by atoms with E-state index in [9.17, 15) is 4.79 Å². The maximum Gasteiger partial charge on any atom is 0.255 e. The van der Waals surface area contributed by atoms with E-state index in [2.05, 4.69) is 15.4 Å². The van der Waals surface area contributed by atoms with Gasteiger partial charge in [0.05, 0.1) is 11.4 Å². The summed E-state index contributed by atoms with van der Waals surface area (Å²) in [6.45, 7) is 0. The summed E-state index contributed by atoms with van der Waals surface area (Å²) in [7, 11) is 0. The Kier molecular flexibility index (Phi) is 3.99. The van der Waals surface area contributed by atoms with E-state index in [1.807, 2.05) is 70.8 Å². The first-order valence-electron chi connectivity index (χ1n) is 8.70. The molecule has 0 radical (unpaired) electrons. The largest absolute Gasteiger partial charge is 0.322 e. The molecule has 6 nitrogen and oxygen atoms in total. The van der Waals surface area contributed by atoms with Crippen LogP contribution in [0.3, 0.4) is 0 Å². The van der Waals surface area contributed by atoms with Crippen LogP contribution in [0.5, 0.6) is 0 Å². The van der Waals surface area contributed by atoms with Crippen molar-refractivity contribution in [2.45, 2.75) is 0 Å². The number of nitrogens with zero attached hydrogens (tertiary/aromatic N) is 4. The molecule has 3 heterocycles. The molecule has 0 aliphatic carbocycles. The van der Waals surface area contributed by atoms with Crippen LogP contribution in [0.15, 0.2) is 84.8 Å². The van der Waals surface area contributed by atoms with E-state index >= 15 is 0 Å². The lowest BCUT2D eigenvalue weighted by atomic mass is 10.1. The molecule has 5 rings (SSSR count). The first kappa shape index (κ1) is 16.5. The number of imidazole rings is 1. The summed E-state index contributed by atoms with van der Waals surface area (Å²) in [6, 6.07) is 16.9. The van der Waals surface area contributed by atoms with Crippen molar-refractivity contribution in [3.63, 3.8) is 0 Å². The third kappa shape index (κ3) is 3.08. The van der Waals surface area contributed by atoms with Crippen molar-refractivity contribution in [2.24, 2.45) is 0 Å². The Morgan fingerprint density at radius 1 is 1.00 bits per heavy atom. The average Bonchev–Trinajstić information content (AvgIpc) is 3.46. The second kappa shape index (κ2) is 6.79. The molecular weight excluding hydrogens is 370 g/mol. The molecule has 0 unspecified atom stereocenters. The second-order valence-corrected chi connectivity index (χ2v) is 7.12. The Labute approximate surface area is 164 Å². The van der Waals surface area contributed by atoms with Crippen LogP contribution in [-0.4, -0.2) is 25.1 Å². The molecule has 0 atom stereocenters. The first-order chi connectivity index (χ1) is 13.8. The van der Waals surface area contributed by atoms with Crippen LogP contribution in [0.25, 0.3) is 21.9 Å². The molecule has 136 valence electrons. The molecule has 2 aromatic carbocycles. The Balaban J connectivity index is 1.30. The molecule has 3 aromatic heterocycles. The number of aromatic nitrogens is 4. The number of amides is 1. The van der Waals surface area contributed by atoms with Crippen molar-refractivity contribution >= 4 is 27.9 Å². The Hall–Kier alpha value is -3.71. The molecule has 0 bridgehead atoms. The van der Waals surface area contributed by atoms with Crippen LogP contribution in [0, 0.1) is 0 Å². The molecule has 7 heteroatoms. The number of carbonyl (C=O) groups is 1. The van der Waals surface area contributed by atoms with Crippen LogP contribution >= 0.6 is 11.3 Å². The van der Waals surface area contributed by atoms with Gasteiger partial charge >= 0.3 is 0 Å². The minimum atomic E-state index is -0.151. The fourth-order valence-electron chi connectivity index (χ4n) is 2.98. The summed E-state index contributed by atoms with van der Waals surface area (Å²) >= 11 is 1.60. The topological polar surface area (TPSA) is 64.2 Å². The number of fused-ring (bicyclic) bond motifs is 1. The van der Waals surface area contributed by atoms with E-state index in [0.29, 0.717) is 5.56 Å². The molecule has 0 saturated carbocycles. The van der Waals surface area contributed by atoms with Crippen LogP contribution in [-0.2, 0) is 0 Å². The van der Waals surface area contributed by atoms with E-state index in [1.165, 1.54) is 0 Å². The van der Waals surface area contributed by atoms with Gasteiger partial charge in [0.1, 0.15) is 0 Å². The monoisotopic (exact) mass is 385 g/mol. The van der Waals surface area contributed by atoms with Crippen molar-refractivity contribution in [3.8, 4) is 16.9 Å². The van der Waals surface area contributed by atoms with Gasteiger partial charge in [0.15, 0.2) is 4.96 Å². The van der Waals surface area contributed by atoms with Crippen LogP contribution in [0.2, 0.25) is 0 Å². The number of rotatable bonds is 4. The second-order valence-electron chi connectivity index (χ2n) is 6.25. The highest BCUT2D eigenvalue weighted by molar-refractivity contribution is 7.15. The Morgan fingerprint density at radius 2 is 1.82 bits per heavy atom. The fraction of sp³-hybridized carbons (Fsp3) is 0. The van der Waals surface area contributed by atoms with Crippen molar-refractivity contribution in [1.29, 1.82) is 0 Å². The summed E-state index contributed by atoms with van der Waals surface area (Å²) in [5.41, 5.74) is 4.17. The standard InChI is InChI=1S/C21H15N5OS/c27-20(16-4-8-18(9-5-16)26-11-1-10-22-26)23-17-6-2-15(3-7-17)19-14-25-12-13-28-21(25)24-19/h1-14H,(H,23,27). The Bertz CT molecular complexity index is 1210. The maximum atomic E-state index is 12.5. The van der Waals surface area contributed by atoms with Crippen LogP contribution < -0.4 is 5.32 Å². The van der Waals surface area contributed by atoms with Gasteiger partial charge in [0.2, 0.25) is 0 Å². The summed E-state index contributed by atoms with van der Waals surface area (Å²) < 4.78 is 3.75. The third-order valence-electron chi connectivity index (χ3n) is 4.43. The molecule has 1 N–H and O–H groups in total. The minimum absolute atomic E-state index is 0.151. The van der Waals surface area contributed by atoms with Gasteiger partial charge in [-0.3, -0.25) is 9.20 Å². The van der Waals surface area contributed by atoms with Crippen molar-refractivity contribution < 1.29 is 4.79 Å². The number of anilines is 1. The van der Waals surface area contributed by atoms with Crippen LogP contribution in [0.1, 0.15) is 10.4 Å². The molecule has 1 amide bonds. The number of carbonyl (C=O) groups excluding carboxylic acids is 1. The van der Waals surface area contributed by atoms with E-state index in [4.69, 9.17) is 0 Å². The molecule has 28 heavy (non-hydrogen) atoms. The molecule has 0 aliphatic rings. The molecule has 0 aliphatic heterocycles. The first-order valence-corrected chi connectivity index (χ1v) is 9.58. The number of nitrogens with one attached hydrogen (secondary N) is 1. The Morgan fingerprint density at radius 3 is 2.54 bits per heavy atom. The molecule has 5 aromatic rings. The normalized spacial score (nSPS) is 11.0. The zero-order valence-corrected chi connectivity index (χ0v) is 15.5. The third-order valence-corrected chi connectivity index (χ3v) is 5.20. The van der Waals surface area contributed by atoms with Gasteiger partial charge in [0.25, 0.3) is 5.91 Å². The minimum Gasteiger partial charge on any atom is -0.322 e. The smallest absolute Gasteiger partial charge is 0.255 e. The fourth-order valence-corrected chi connectivity index (χ4v) is 3.68. The van der Waals surface area contributed by atoms with Gasteiger partial charge in [-0.25, -0.2) is 9.67 Å². The molecule has 0 saturated heterocycles. The number of hydrogen-bond acceptors (Lipinski definition) is 4. The van der Waals surface area contributed by atoms with E-state index in [-0.39, 0.29) is 5.91 Å². The molecule has 0 fully saturated rings. The quantitative estimate of drug-likeness (QED) is 0.495. The highest BCUT2D eigenvalue weighted by Crippen LogP contribution is 2.23. The SMILES string of the molecule is O=C(Nc1ccc(-c2cn3ccsc3n2)cc1)c1ccc(-n2cccn2)cc1. The molecule has 0 spiro atoms. The van der Waals surface area contributed by atoms with Gasteiger partial charge < -0.3 is 5.32 Å². The number of thiazole rings is 1. The molecular formula is C21H15N5OS. The van der Waals surface area contributed by atoms with Crippen molar-refractivity contribution in [1.82, 2.24) is 19.2 Å². The van der Waals surface area contributed by atoms with Gasteiger partial charge in [0, 0.05) is 47.0 Å². The van der Waals surface area contributed by atoms with Gasteiger partial charge in [-0.2, -0.15) is 5.10 Å². The summed E-state index contributed by atoms with van der Waals surface area (Å²) in [4.78, 5) is 18.1. The van der Waals surface area contributed by atoms with Gasteiger partial charge in [-0.1, -0.05) is 12.1 Å². The number of hydrogen-bond donors (Lipinski definition) is 1. The summed E-state index contributed by atoms with van der Waals surface area (Å²) in [6.07, 6.45) is 7.57. The van der Waals surface area contributed by atoms with E-state index in [0.717, 1.165) is 27.6 Å². The highest BCUT2D eigenvalue weighted by atomic mass is 32.1. The van der Waals surface area contributed by atoms with E-state index < -0.39 is 0 Å². The zero-order chi connectivity index (χ0) is 18.9. The zero-order valence-electron chi connectivity index (χ0n) is 14.7. The predicted molar refractivity (Wildman–Crippen MR) is 110 cm³/mol. The summed E-state index contributed by atoms with van der Waals surface area (Å²) in [5, 5.41) is 9.12. The lowest BCUT2D eigenvalue weighted by Crippen LogP contribution is -2.11. The highest BCUT2D eigenvalue weighted by Gasteiger charge is 2.08. The number of benzene rings is 2. The predicted octanol–water partition coefficient (Wildman–Crippen LogP) is 4.50. The van der Waals surface area contributed by atoms with Crippen molar-refractivity contribution in [2.75, 3.05) is 5.32 Å². The lowest BCUT2D eigenvalue weighted by molar-refractivity contribution is 0.102. The van der Waals surface area contributed by atoms with Crippen molar-refractivity contribution in [3.05, 3.63) is 90.3 Å².